The van der Waals surface area contributed by atoms with Crippen molar-refractivity contribution in [1.29, 1.82) is 5.26 Å². The number of pyridine rings is 1. The number of halogens is 2. The number of hydrogen-bond acceptors (Lipinski definition) is 5. The van der Waals surface area contributed by atoms with Crippen molar-refractivity contribution < 1.29 is 17.2 Å². The minimum absolute atomic E-state index is 0.0811. The van der Waals surface area contributed by atoms with Crippen molar-refractivity contribution in [2.24, 2.45) is 0 Å². The minimum atomic E-state index is -4.25. The highest BCUT2D eigenvalue weighted by Gasteiger charge is 2.33. The van der Waals surface area contributed by atoms with Crippen LogP contribution in [0.25, 0.3) is 0 Å². The fraction of sp³-hybridized carbons (Fsp3) is 0.250. The number of hydrogen-bond donors (Lipinski definition) is 0. The van der Waals surface area contributed by atoms with Gasteiger partial charge < -0.3 is 4.90 Å². The van der Waals surface area contributed by atoms with Crippen LogP contribution in [-0.2, 0) is 10.0 Å². The first-order chi connectivity index (χ1) is 11.9. The van der Waals surface area contributed by atoms with E-state index in [1.807, 2.05) is 11.0 Å². The monoisotopic (exact) mass is 364 g/mol. The Hall–Kier alpha value is -2.57. The molecule has 0 unspecified atom stereocenters. The first-order valence-corrected chi connectivity index (χ1v) is 8.93. The van der Waals surface area contributed by atoms with Crippen LogP contribution >= 0.6 is 0 Å². The average Bonchev–Trinajstić information content (AvgIpc) is 2.61. The molecule has 0 radical (unpaired) electrons. The second-order valence-corrected chi connectivity index (χ2v) is 7.33. The summed E-state index contributed by atoms with van der Waals surface area (Å²) in [5, 5.41) is 8.78. The van der Waals surface area contributed by atoms with Gasteiger partial charge in [-0.1, -0.05) is 6.07 Å². The maximum Gasteiger partial charge on any atom is 0.249 e. The molecular formula is C16H14F2N4O2S. The summed E-state index contributed by atoms with van der Waals surface area (Å²) in [6.45, 7) is 0.817. The summed E-state index contributed by atoms with van der Waals surface area (Å²) in [4.78, 5) is 5.10. The molecule has 0 spiro atoms. The standard InChI is InChI=1S/C16H14F2N4O2S/c17-13-2-1-3-14(18)16(13)25(23,24)22-8-6-21(7-9-22)15-5-4-12(10-19)11-20-15/h1-5,11H,6-9H2. The van der Waals surface area contributed by atoms with Gasteiger partial charge in [-0.3, -0.25) is 0 Å². The molecule has 0 aliphatic carbocycles. The minimum Gasteiger partial charge on any atom is -0.354 e. The third kappa shape index (κ3) is 3.31. The smallest absolute Gasteiger partial charge is 0.249 e. The summed E-state index contributed by atoms with van der Waals surface area (Å²) in [5.74, 6) is -1.58. The molecule has 25 heavy (non-hydrogen) atoms. The zero-order valence-corrected chi connectivity index (χ0v) is 13.9. The van der Waals surface area contributed by atoms with Crippen molar-refractivity contribution in [3.63, 3.8) is 0 Å². The highest BCUT2D eigenvalue weighted by molar-refractivity contribution is 7.89. The molecule has 1 saturated heterocycles. The van der Waals surface area contributed by atoms with E-state index < -0.39 is 26.6 Å². The van der Waals surface area contributed by atoms with Crippen molar-refractivity contribution in [2.45, 2.75) is 4.90 Å². The van der Waals surface area contributed by atoms with E-state index >= 15 is 0 Å². The molecule has 0 atom stereocenters. The number of nitriles is 1. The van der Waals surface area contributed by atoms with E-state index in [2.05, 4.69) is 4.98 Å². The molecule has 0 N–H and O–H groups in total. The lowest BCUT2D eigenvalue weighted by Gasteiger charge is -2.34. The number of sulfonamides is 1. The van der Waals surface area contributed by atoms with Crippen LogP contribution in [0.5, 0.6) is 0 Å². The Morgan fingerprint density at radius 3 is 2.20 bits per heavy atom. The van der Waals surface area contributed by atoms with Gasteiger partial charge in [-0.25, -0.2) is 22.2 Å². The predicted molar refractivity (Wildman–Crippen MR) is 86.3 cm³/mol. The number of nitrogens with zero attached hydrogens (tertiary/aromatic N) is 4. The lowest BCUT2D eigenvalue weighted by atomic mass is 10.3. The first-order valence-electron chi connectivity index (χ1n) is 7.49. The van der Waals surface area contributed by atoms with E-state index in [-0.39, 0.29) is 13.1 Å². The van der Waals surface area contributed by atoms with E-state index in [9.17, 15) is 17.2 Å². The highest BCUT2D eigenvalue weighted by Crippen LogP contribution is 2.24. The van der Waals surface area contributed by atoms with Gasteiger partial charge in [0.15, 0.2) is 4.90 Å². The molecule has 3 rings (SSSR count). The molecule has 1 fully saturated rings. The molecule has 6 nitrogen and oxygen atoms in total. The molecule has 1 aliphatic heterocycles. The zero-order chi connectivity index (χ0) is 18.0. The van der Waals surface area contributed by atoms with Gasteiger partial charge in [0.05, 0.1) is 5.56 Å². The number of benzene rings is 1. The lowest BCUT2D eigenvalue weighted by molar-refractivity contribution is 0.377. The van der Waals surface area contributed by atoms with Gasteiger partial charge in [0.1, 0.15) is 23.5 Å². The Labute approximate surface area is 144 Å². The average molecular weight is 364 g/mol. The van der Waals surface area contributed by atoms with Crippen LogP contribution in [0.2, 0.25) is 0 Å². The Kier molecular flexibility index (Phi) is 4.65. The molecule has 0 bridgehead atoms. The van der Waals surface area contributed by atoms with Gasteiger partial charge in [0, 0.05) is 32.4 Å². The summed E-state index contributed by atoms with van der Waals surface area (Å²) in [7, 11) is -4.25. The largest absolute Gasteiger partial charge is 0.354 e. The Morgan fingerprint density at radius 2 is 1.68 bits per heavy atom. The molecule has 2 aromatic rings. The van der Waals surface area contributed by atoms with Gasteiger partial charge in [-0.2, -0.15) is 9.57 Å². The Morgan fingerprint density at radius 1 is 1.04 bits per heavy atom. The predicted octanol–water partition coefficient (Wildman–Crippen LogP) is 1.74. The van der Waals surface area contributed by atoms with Crippen molar-refractivity contribution in [3.8, 4) is 6.07 Å². The van der Waals surface area contributed by atoms with E-state index in [0.717, 1.165) is 22.5 Å². The lowest BCUT2D eigenvalue weighted by Crippen LogP contribution is -2.49. The van der Waals surface area contributed by atoms with Gasteiger partial charge in [-0.15, -0.1) is 0 Å². The van der Waals surface area contributed by atoms with Crippen LogP contribution < -0.4 is 4.90 Å². The summed E-state index contributed by atoms with van der Waals surface area (Å²) in [6.07, 6.45) is 1.44. The fourth-order valence-electron chi connectivity index (χ4n) is 2.65. The third-order valence-electron chi connectivity index (χ3n) is 3.96. The third-order valence-corrected chi connectivity index (χ3v) is 5.91. The molecule has 0 saturated carbocycles. The van der Waals surface area contributed by atoms with E-state index in [4.69, 9.17) is 5.26 Å². The van der Waals surface area contributed by atoms with Crippen LogP contribution in [0, 0.1) is 23.0 Å². The van der Waals surface area contributed by atoms with Crippen LogP contribution in [0.1, 0.15) is 5.56 Å². The SMILES string of the molecule is N#Cc1ccc(N2CCN(S(=O)(=O)c3c(F)cccc3F)CC2)nc1. The summed E-state index contributed by atoms with van der Waals surface area (Å²) < 4.78 is 53.8. The molecule has 130 valence electrons. The zero-order valence-electron chi connectivity index (χ0n) is 13.1. The maximum absolute atomic E-state index is 13.8. The van der Waals surface area contributed by atoms with Crippen LogP contribution in [0.15, 0.2) is 41.4 Å². The van der Waals surface area contributed by atoms with Gasteiger partial charge in [0.25, 0.3) is 0 Å². The molecule has 0 amide bonds. The molecule has 2 heterocycles. The van der Waals surface area contributed by atoms with E-state index in [0.29, 0.717) is 24.5 Å². The van der Waals surface area contributed by atoms with Crippen molar-refractivity contribution >= 4 is 15.8 Å². The van der Waals surface area contributed by atoms with Gasteiger partial charge >= 0.3 is 0 Å². The number of anilines is 1. The highest BCUT2D eigenvalue weighted by atomic mass is 32.2. The Bertz CT molecular complexity index is 898. The summed E-state index contributed by atoms with van der Waals surface area (Å²) >= 11 is 0. The van der Waals surface area contributed by atoms with Crippen LogP contribution in [0.3, 0.4) is 0 Å². The van der Waals surface area contributed by atoms with Crippen molar-refractivity contribution in [1.82, 2.24) is 9.29 Å². The summed E-state index contributed by atoms with van der Waals surface area (Å²) in [6, 6.07) is 8.25. The quantitative estimate of drug-likeness (QED) is 0.829. The van der Waals surface area contributed by atoms with Crippen molar-refractivity contribution in [2.75, 3.05) is 31.1 Å². The van der Waals surface area contributed by atoms with E-state index in [1.54, 1.807) is 12.1 Å². The number of aromatic nitrogens is 1. The number of rotatable bonds is 3. The molecule has 1 aliphatic rings. The van der Waals surface area contributed by atoms with Crippen LogP contribution in [-0.4, -0.2) is 43.9 Å². The summed E-state index contributed by atoms with van der Waals surface area (Å²) in [5.41, 5.74) is 0.431. The van der Waals surface area contributed by atoms with Gasteiger partial charge in [-0.05, 0) is 24.3 Å². The first kappa shape index (κ1) is 17.3. The van der Waals surface area contributed by atoms with E-state index in [1.165, 1.54) is 6.20 Å². The molecule has 1 aromatic heterocycles. The Balaban J connectivity index is 1.76. The topological polar surface area (TPSA) is 77.3 Å². The van der Waals surface area contributed by atoms with Crippen molar-refractivity contribution in [3.05, 3.63) is 53.7 Å². The second-order valence-electron chi connectivity index (χ2n) is 5.46. The van der Waals surface area contributed by atoms with Crippen LogP contribution in [0.4, 0.5) is 14.6 Å². The fourth-order valence-corrected chi connectivity index (χ4v) is 4.19. The molecule has 1 aromatic carbocycles. The molecule has 9 heteroatoms. The normalized spacial score (nSPS) is 15.8. The molecular weight excluding hydrogens is 350 g/mol. The second kappa shape index (κ2) is 6.74. The number of piperazine rings is 1. The van der Waals surface area contributed by atoms with Gasteiger partial charge in [0.2, 0.25) is 10.0 Å². The maximum atomic E-state index is 13.8.